The highest BCUT2D eigenvalue weighted by molar-refractivity contribution is 5.99. The Hall–Kier alpha value is -3.80. The number of benzene rings is 3. The molecule has 0 heterocycles. The highest BCUT2D eigenvalue weighted by Gasteiger charge is 2.27. The zero-order valence-corrected chi connectivity index (χ0v) is 17.8. The van der Waals surface area contributed by atoms with Gasteiger partial charge in [-0.1, -0.05) is 48.5 Å². The number of methoxy groups -OCH3 is 1. The lowest BCUT2D eigenvalue weighted by Gasteiger charge is -2.19. The number of nitrogens with one attached hydrogen (secondary N) is 1. The van der Waals surface area contributed by atoms with Crippen LogP contribution in [0.25, 0.3) is 0 Å². The van der Waals surface area contributed by atoms with Gasteiger partial charge in [-0.05, 0) is 43.7 Å². The van der Waals surface area contributed by atoms with Gasteiger partial charge in [0.25, 0.3) is 5.91 Å². The van der Waals surface area contributed by atoms with Crippen LogP contribution in [0, 0.1) is 6.92 Å². The van der Waals surface area contributed by atoms with Crippen LogP contribution in [0.1, 0.15) is 34.5 Å². The third-order valence-corrected chi connectivity index (χ3v) is 4.65. The van der Waals surface area contributed by atoms with Gasteiger partial charge in [-0.3, -0.25) is 4.79 Å². The molecule has 0 aliphatic heterocycles. The Bertz CT molecular complexity index is 1050. The van der Waals surface area contributed by atoms with E-state index in [1.807, 2.05) is 26.0 Å². The summed E-state index contributed by atoms with van der Waals surface area (Å²) in [6, 6.07) is 21.0. The Morgan fingerprint density at radius 3 is 2.35 bits per heavy atom. The van der Waals surface area contributed by atoms with E-state index in [9.17, 15) is 9.59 Å². The van der Waals surface area contributed by atoms with E-state index >= 15 is 0 Å². The molecule has 0 saturated heterocycles. The lowest BCUT2D eigenvalue weighted by molar-refractivity contribution is -0.125. The number of rotatable bonds is 8. The smallest absolute Gasteiger partial charge is 0.339 e. The van der Waals surface area contributed by atoms with E-state index in [-0.39, 0.29) is 0 Å². The second-order valence-electron chi connectivity index (χ2n) is 6.80. The lowest BCUT2D eigenvalue weighted by Crippen LogP contribution is -2.26. The molecule has 0 aliphatic carbocycles. The minimum absolute atomic E-state index is 0.297. The summed E-state index contributed by atoms with van der Waals surface area (Å²) in [6.07, 6.45) is -1.14. The molecule has 3 aromatic carbocycles. The molecule has 160 valence electrons. The molecule has 1 N–H and O–H groups in total. The summed E-state index contributed by atoms with van der Waals surface area (Å²) in [7, 11) is 1.54. The van der Waals surface area contributed by atoms with Gasteiger partial charge in [0.05, 0.1) is 25.0 Å². The van der Waals surface area contributed by atoms with Gasteiger partial charge >= 0.3 is 5.97 Å². The van der Waals surface area contributed by atoms with Crippen molar-refractivity contribution in [3.63, 3.8) is 0 Å². The summed E-state index contributed by atoms with van der Waals surface area (Å²) in [5.41, 5.74) is 2.25. The fraction of sp³-hybridized carbons (Fsp3) is 0.200. The van der Waals surface area contributed by atoms with Crippen LogP contribution in [0.4, 0.5) is 5.69 Å². The number of hydrogen-bond donors (Lipinski definition) is 1. The topological polar surface area (TPSA) is 73.9 Å². The van der Waals surface area contributed by atoms with Crippen molar-refractivity contribution in [1.82, 2.24) is 0 Å². The number of carbonyl (C=O) groups excluding carboxylic acids is 2. The average molecular weight is 419 g/mol. The van der Waals surface area contributed by atoms with E-state index in [2.05, 4.69) is 5.32 Å². The molecule has 0 fully saturated rings. The fourth-order valence-electron chi connectivity index (χ4n) is 3.07. The van der Waals surface area contributed by atoms with E-state index in [1.54, 1.807) is 60.7 Å². The molecule has 31 heavy (non-hydrogen) atoms. The van der Waals surface area contributed by atoms with Crippen molar-refractivity contribution in [3.05, 3.63) is 89.5 Å². The Morgan fingerprint density at radius 1 is 0.935 bits per heavy atom. The maximum Gasteiger partial charge on any atom is 0.339 e. The molecule has 3 aromatic rings. The first-order valence-electron chi connectivity index (χ1n) is 9.96. The molecule has 1 amide bonds. The van der Waals surface area contributed by atoms with Gasteiger partial charge < -0.3 is 19.5 Å². The predicted molar refractivity (Wildman–Crippen MR) is 119 cm³/mol. The van der Waals surface area contributed by atoms with Gasteiger partial charge in [-0.25, -0.2) is 4.79 Å². The summed E-state index contributed by atoms with van der Waals surface area (Å²) in [5.74, 6) is 0.00624. The van der Waals surface area contributed by atoms with Gasteiger partial charge in [0.15, 0.2) is 0 Å². The Kier molecular flexibility index (Phi) is 7.27. The number of amides is 1. The van der Waals surface area contributed by atoms with Crippen molar-refractivity contribution in [2.75, 3.05) is 19.0 Å². The largest absolute Gasteiger partial charge is 0.496 e. The quantitative estimate of drug-likeness (QED) is 0.524. The van der Waals surface area contributed by atoms with E-state index in [4.69, 9.17) is 14.2 Å². The number of ether oxygens (including phenoxy) is 3. The van der Waals surface area contributed by atoms with Crippen molar-refractivity contribution in [3.8, 4) is 11.5 Å². The Balaban J connectivity index is 1.87. The van der Waals surface area contributed by atoms with E-state index in [0.717, 1.165) is 5.56 Å². The van der Waals surface area contributed by atoms with Crippen LogP contribution in [0.3, 0.4) is 0 Å². The Morgan fingerprint density at radius 2 is 1.65 bits per heavy atom. The normalized spacial score (nSPS) is 11.3. The molecule has 1 atom stereocenters. The fourth-order valence-corrected chi connectivity index (χ4v) is 3.07. The first-order chi connectivity index (χ1) is 15.0. The number of hydrogen-bond acceptors (Lipinski definition) is 5. The standard InChI is InChI=1S/C25H25NO5/c1-4-30-21-13-9-8-12-20(21)26-24(27)23(18-10-6-5-7-11-18)31-25(28)19-15-14-17(2)22(16-19)29-3/h5-16,23H,4H2,1-3H3,(H,26,27). The highest BCUT2D eigenvalue weighted by Crippen LogP contribution is 2.28. The van der Waals surface area contributed by atoms with Crippen LogP contribution in [-0.4, -0.2) is 25.6 Å². The van der Waals surface area contributed by atoms with Crippen molar-refractivity contribution >= 4 is 17.6 Å². The zero-order chi connectivity index (χ0) is 22.2. The van der Waals surface area contributed by atoms with Gasteiger partial charge in [-0.2, -0.15) is 0 Å². The van der Waals surface area contributed by atoms with Crippen LogP contribution >= 0.6 is 0 Å². The lowest BCUT2D eigenvalue weighted by atomic mass is 10.1. The second-order valence-corrected chi connectivity index (χ2v) is 6.80. The maximum absolute atomic E-state index is 13.1. The van der Waals surface area contributed by atoms with Crippen LogP contribution in [-0.2, 0) is 9.53 Å². The van der Waals surface area contributed by atoms with Gasteiger partial charge in [0.1, 0.15) is 11.5 Å². The van der Waals surface area contributed by atoms with Crippen LogP contribution in [0.2, 0.25) is 0 Å². The summed E-state index contributed by atoms with van der Waals surface area (Å²) in [4.78, 5) is 26.0. The summed E-state index contributed by atoms with van der Waals surface area (Å²) in [5, 5.41) is 2.82. The second kappa shape index (κ2) is 10.3. The predicted octanol–water partition coefficient (Wildman–Crippen LogP) is 4.94. The van der Waals surface area contributed by atoms with Gasteiger partial charge in [-0.15, -0.1) is 0 Å². The van der Waals surface area contributed by atoms with Crippen LogP contribution in [0.5, 0.6) is 11.5 Å². The van der Waals surface area contributed by atoms with Gasteiger partial charge in [0.2, 0.25) is 6.10 Å². The molecule has 3 rings (SSSR count). The van der Waals surface area contributed by atoms with Crippen molar-refractivity contribution in [1.29, 1.82) is 0 Å². The summed E-state index contributed by atoms with van der Waals surface area (Å²) in [6.45, 7) is 4.20. The van der Waals surface area contributed by atoms with Gasteiger partial charge in [0, 0.05) is 5.56 Å². The SMILES string of the molecule is CCOc1ccccc1NC(=O)C(OC(=O)c1ccc(C)c(OC)c1)c1ccccc1. The number of para-hydroxylation sites is 2. The molecule has 0 bridgehead atoms. The molecule has 6 heteroatoms. The monoisotopic (exact) mass is 419 g/mol. The van der Waals surface area contributed by atoms with E-state index in [0.29, 0.717) is 34.9 Å². The molecule has 1 unspecified atom stereocenters. The highest BCUT2D eigenvalue weighted by atomic mass is 16.5. The molecular formula is C25H25NO5. The molecule has 6 nitrogen and oxygen atoms in total. The molecule has 0 aliphatic rings. The Labute approximate surface area is 181 Å². The average Bonchev–Trinajstić information content (AvgIpc) is 2.79. The van der Waals surface area contributed by atoms with E-state index in [1.165, 1.54) is 7.11 Å². The molecular weight excluding hydrogens is 394 g/mol. The molecule has 0 spiro atoms. The number of aryl methyl sites for hydroxylation is 1. The van der Waals surface area contributed by atoms with Crippen LogP contribution < -0.4 is 14.8 Å². The maximum atomic E-state index is 13.1. The number of carbonyl (C=O) groups is 2. The van der Waals surface area contributed by atoms with Crippen molar-refractivity contribution in [2.45, 2.75) is 20.0 Å². The van der Waals surface area contributed by atoms with Crippen molar-refractivity contribution < 1.29 is 23.8 Å². The molecule has 0 saturated carbocycles. The zero-order valence-electron chi connectivity index (χ0n) is 17.8. The minimum atomic E-state index is -1.14. The number of anilines is 1. The third kappa shape index (κ3) is 5.42. The van der Waals surface area contributed by atoms with Crippen molar-refractivity contribution in [2.24, 2.45) is 0 Å². The minimum Gasteiger partial charge on any atom is -0.496 e. The third-order valence-electron chi connectivity index (χ3n) is 4.65. The van der Waals surface area contributed by atoms with E-state index < -0.39 is 18.0 Å². The first kappa shape index (κ1) is 21.9. The van der Waals surface area contributed by atoms with Crippen LogP contribution in [0.15, 0.2) is 72.8 Å². The summed E-state index contributed by atoms with van der Waals surface area (Å²) < 4.78 is 16.5. The molecule has 0 aromatic heterocycles. The first-order valence-corrected chi connectivity index (χ1v) is 9.96. The molecule has 0 radical (unpaired) electrons. The number of esters is 1. The summed E-state index contributed by atoms with van der Waals surface area (Å²) >= 11 is 0.